The summed E-state index contributed by atoms with van der Waals surface area (Å²) in [6.45, 7) is 2.19. The Labute approximate surface area is 646 Å². The molecule has 1 nitrogen and oxygen atoms in total. The fourth-order valence-corrected chi connectivity index (χ4v) is 15.2. The number of ketones is 1. The molecule has 0 bridgehead atoms. The number of rotatable bonds is 20. The molecule has 0 N–H and O–H groups in total. The lowest BCUT2D eigenvalue weighted by molar-refractivity contribution is 0.103. The highest BCUT2D eigenvalue weighted by Crippen LogP contribution is 2.42. The molecule has 17 aromatic rings. The van der Waals surface area contributed by atoms with Crippen LogP contribution in [0.1, 0.15) is 39.5 Å². The van der Waals surface area contributed by atoms with Crippen molar-refractivity contribution in [3.8, 4) is 145 Å². The van der Waals surface area contributed by atoms with Gasteiger partial charge in [-0.1, -0.05) is 334 Å². The van der Waals surface area contributed by atoms with Crippen molar-refractivity contribution in [3.63, 3.8) is 0 Å². The van der Waals surface area contributed by atoms with Crippen molar-refractivity contribution in [2.24, 2.45) is 0 Å². The Balaban J connectivity index is 0.825. The van der Waals surface area contributed by atoms with Crippen LogP contribution in [0.2, 0.25) is 0 Å². The molecule has 0 unspecified atom stereocenters. The van der Waals surface area contributed by atoms with Crippen LogP contribution in [-0.4, -0.2) is 5.78 Å². The first-order chi connectivity index (χ1) is 54.3. The zero-order valence-electron chi connectivity index (χ0n) is 61.3. The summed E-state index contributed by atoms with van der Waals surface area (Å²) in [5.74, 6) is -0.0824. The van der Waals surface area contributed by atoms with Gasteiger partial charge in [-0.15, -0.1) is 0 Å². The maximum absolute atomic E-state index is 16.6. The van der Waals surface area contributed by atoms with Crippen molar-refractivity contribution >= 4 is 16.9 Å². The standard InChI is InChI=1S/C109H78O/c1-76(78-31-10-2-11-32-78)56-93(79-33-12-3-13-34-79)55-54-77-30-26-47-86(57-77)103-70-104(90-51-27-48-87(58-90)100-64-94(80-35-14-4-15-36-80)61-95(65-100)81-37-16-5-17-38-81)73-107(72-103)109(110)108-74-105(91-52-28-49-88(59-91)101-66-96(82-39-18-6-19-40-82)62-97(67-101)83-41-20-7-21-42-83)71-106(75-108)92-53-29-50-89(60-92)102-68-98(84-43-22-8-23-44-84)63-99(69-102)85-45-24-9-25-46-85/h2-53,55-75H,54H2,1H3. The fourth-order valence-electron chi connectivity index (χ4n) is 15.2. The number of hydrogen-bond donors (Lipinski definition) is 0. The Hall–Kier alpha value is -14.1. The fraction of sp³-hybridized carbons (Fsp3) is 0.0183. The van der Waals surface area contributed by atoms with E-state index in [1.807, 2.05) is 0 Å². The van der Waals surface area contributed by atoms with Crippen LogP contribution in [0.4, 0.5) is 0 Å². The molecular formula is C109H78O. The van der Waals surface area contributed by atoms with Crippen molar-refractivity contribution in [3.05, 3.63) is 471 Å². The first-order valence-corrected chi connectivity index (χ1v) is 37.8. The highest BCUT2D eigenvalue weighted by atomic mass is 16.1. The van der Waals surface area contributed by atoms with E-state index >= 15 is 4.79 Å². The van der Waals surface area contributed by atoms with E-state index in [-0.39, 0.29) is 5.78 Å². The maximum atomic E-state index is 16.6. The second-order valence-corrected chi connectivity index (χ2v) is 28.4. The Morgan fingerprint density at radius 1 is 0.191 bits per heavy atom. The van der Waals surface area contributed by atoms with Crippen LogP contribution < -0.4 is 0 Å². The van der Waals surface area contributed by atoms with Crippen LogP contribution in [0, 0.1) is 0 Å². The van der Waals surface area contributed by atoms with Crippen molar-refractivity contribution in [2.75, 3.05) is 0 Å². The molecule has 0 saturated heterocycles. The van der Waals surface area contributed by atoms with Gasteiger partial charge in [-0.05, 0) is 295 Å². The summed E-state index contributed by atoms with van der Waals surface area (Å²) in [5.41, 5.74) is 35.0. The van der Waals surface area contributed by atoms with E-state index in [0.29, 0.717) is 17.5 Å². The molecule has 0 spiro atoms. The van der Waals surface area contributed by atoms with E-state index in [4.69, 9.17) is 0 Å². The molecule has 0 heterocycles. The van der Waals surface area contributed by atoms with Gasteiger partial charge in [0.1, 0.15) is 0 Å². The Morgan fingerprint density at radius 2 is 0.391 bits per heavy atom. The average Bonchev–Trinajstić information content (AvgIpc) is 0.805. The van der Waals surface area contributed by atoms with Crippen molar-refractivity contribution in [1.82, 2.24) is 0 Å². The van der Waals surface area contributed by atoms with Crippen LogP contribution in [0.15, 0.2) is 443 Å². The summed E-state index contributed by atoms with van der Waals surface area (Å²) in [6.07, 6.45) is 5.34. The molecule has 0 saturated carbocycles. The summed E-state index contributed by atoms with van der Waals surface area (Å²) in [4.78, 5) is 16.6. The minimum absolute atomic E-state index is 0.0824. The van der Waals surface area contributed by atoms with Crippen LogP contribution in [0.5, 0.6) is 0 Å². The molecule has 17 aromatic carbocycles. The maximum Gasteiger partial charge on any atom is 0.193 e. The predicted molar refractivity (Wildman–Crippen MR) is 465 cm³/mol. The van der Waals surface area contributed by atoms with Gasteiger partial charge >= 0.3 is 0 Å². The summed E-state index contributed by atoms with van der Waals surface area (Å²) < 4.78 is 0. The van der Waals surface area contributed by atoms with Gasteiger partial charge in [0.05, 0.1) is 0 Å². The van der Waals surface area contributed by atoms with Gasteiger partial charge in [-0.3, -0.25) is 4.79 Å². The van der Waals surface area contributed by atoms with Crippen molar-refractivity contribution < 1.29 is 4.79 Å². The van der Waals surface area contributed by atoms with E-state index in [1.165, 1.54) is 11.1 Å². The second kappa shape index (κ2) is 31.9. The largest absolute Gasteiger partial charge is 0.289 e. The van der Waals surface area contributed by atoms with Crippen molar-refractivity contribution in [2.45, 2.75) is 13.3 Å². The minimum atomic E-state index is -0.0824. The summed E-state index contributed by atoms with van der Waals surface area (Å²) >= 11 is 0. The predicted octanol–water partition coefficient (Wildman–Crippen LogP) is 29.3. The average molecular weight is 1400 g/mol. The highest BCUT2D eigenvalue weighted by Gasteiger charge is 2.20. The zero-order valence-corrected chi connectivity index (χ0v) is 61.3. The van der Waals surface area contributed by atoms with E-state index < -0.39 is 0 Å². The zero-order chi connectivity index (χ0) is 74.0. The summed E-state index contributed by atoms with van der Waals surface area (Å²) in [6, 6.07) is 154. The van der Waals surface area contributed by atoms with E-state index in [9.17, 15) is 0 Å². The molecule has 0 atom stereocenters. The molecule has 1 heteroatoms. The quantitative estimate of drug-likeness (QED) is 0.0549. The normalized spacial score (nSPS) is 11.5. The monoisotopic (exact) mass is 1400 g/mol. The molecule has 0 fully saturated rings. The topological polar surface area (TPSA) is 17.1 Å². The lowest BCUT2D eigenvalue weighted by Gasteiger charge is -2.16. The number of benzene rings is 17. The number of carbonyl (C=O) groups is 1. The Bertz CT molecular complexity index is 5840. The second-order valence-electron chi connectivity index (χ2n) is 28.4. The highest BCUT2D eigenvalue weighted by molar-refractivity contribution is 6.12. The van der Waals surface area contributed by atoms with Crippen LogP contribution in [0.25, 0.3) is 156 Å². The summed E-state index contributed by atoms with van der Waals surface area (Å²) in [5, 5.41) is 0. The molecule has 17 rings (SSSR count). The molecule has 0 radical (unpaired) electrons. The van der Waals surface area contributed by atoms with Gasteiger partial charge in [0.2, 0.25) is 0 Å². The van der Waals surface area contributed by atoms with Gasteiger partial charge in [0.25, 0.3) is 0 Å². The third-order valence-electron chi connectivity index (χ3n) is 20.9. The van der Waals surface area contributed by atoms with Crippen molar-refractivity contribution in [1.29, 1.82) is 0 Å². The lowest BCUT2D eigenvalue weighted by atomic mass is 9.88. The van der Waals surface area contributed by atoms with E-state index in [0.717, 1.165) is 161 Å². The number of hydrogen-bond acceptors (Lipinski definition) is 1. The molecule has 0 aliphatic carbocycles. The number of allylic oxidation sites excluding steroid dienone is 4. The molecule has 0 aromatic heterocycles. The lowest BCUT2D eigenvalue weighted by Crippen LogP contribution is -2.03. The van der Waals surface area contributed by atoms with Gasteiger partial charge in [-0.25, -0.2) is 0 Å². The molecule has 0 aliphatic rings. The van der Waals surface area contributed by atoms with Gasteiger partial charge in [-0.2, -0.15) is 0 Å². The third kappa shape index (κ3) is 15.7. The van der Waals surface area contributed by atoms with Crippen LogP contribution in [0.3, 0.4) is 0 Å². The van der Waals surface area contributed by atoms with E-state index in [2.05, 4.69) is 450 Å². The molecular weight excluding hydrogens is 1330 g/mol. The molecule has 520 valence electrons. The smallest absolute Gasteiger partial charge is 0.193 e. The van der Waals surface area contributed by atoms with E-state index in [1.54, 1.807) is 0 Å². The van der Waals surface area contributed by atoms with Gasteiger partial charge < -0.3 is 0 Å². The van der Waals surface area contributed by atoms with Crippen LogP contribution in [-0.2, 0) is 6.42 Å². The summed E-state index contributed by atoms with van der Waals surface area (Å²) in [7, 11) is 0. The van der Waals surface area contributed by atoms with Crippen LogP contribution >= 0.6 is 0 Å². The van der Waals surface area contributed by atoms with Gasteiger partial charge in [0.15, 0.2) is 5.78 Å². The SMILES string of the molecule is CC(=CC(=CCc1cccc(-c2cc(C(=O)c3cc(-c4cccc(-c5cc(-c6ccccc6)cc(-c6ccccc6)c5)c4)cc(-c4cccc(-c5cc(-c6ccccc6)cc(-c6ccccc6)c5)c4)c3)cc(-c3cccc(-c4cc(-c5ccccc5)cc(-c5ccccc5)c4)c3)c2)c1)c1ccccc1)c1ccccc1. The number of carbonyl (C=O) groups excluding carboxylic acids is 1. The molecule has 0 aliphatic heterocycles. The molecule has 110 heavy (non-hydrogen) atoms. The van der Waals surface area contributed by atoms with Gasteiger partial charge in [0, 0.05) is 11.1 Å². The minimum Gasteiger partial charge on any atom is -0.289 e. The first-order valence-electron chi connectivity index (χ1n) is 37.8. The first kappa shape index (κ1) is 69.0. The Morgan fingerprint density at radius 3 is 0.664 bits per heavy atom. The Kier molecular flexibility index (Phi) is 20.0. The third-order valence-corrected chi connectivity index (χ3v) is 20.9. The molecule has 0 amide bonds.